The summed E-state index contributed by atoms with van der Waals surface area (Å²) < 4.78 is 0. The van der Waals surface area contributed by atoms with Crippen LogP contribution in [0.25, 0.3) is 5.57 Å². The summed E-state index contributed by atoms with van der Waals surface area (Å²) in [6, 6.07) is 5.66. The fourth-order valence-electron chi connectivity index (χ4n) is 1.99. The van der Waals surface area contributed by atoms with Crippen LogP contribution in [0.3, 0.4) is 0 Å². The Morgan fingerprint density at radius 3 is 2.80 bits per heavy atom. The molecule has 2 rings (SSSR count). The van der Waals surface area contributed by atoms with E-state index in [1.165, 1.54) is 5.56 Å². The number of carbonyl (C=O) groups is 1. The van der Waals surface area contributed by atoms with Gasteiger partial charge in [0.15, 0.2) is 0 Å². The van der Waals surface area contributed by atoms with Gasteiger partial charge in [0.2, 0.25) is 0 Å². The van der Waals surface area contributed by atoms with E-state index in [0.29, 0.717) is 17.0 Å². The summed E-state index contributed by atoms with van der Waals surface area (Å²) >= 11 is 5.90. The van der Waals surface area contributed by atoms with Crippen LogP contribution in [-0.4, -0.2) is 11.1 Å². The lowest BCUT2D eigenvalue weighted by atomic mass is 9.86. The van der Waals surface area contributed by atoms with Crippen molar-refractivity contribution in [2.24, 2.45) is 0 Å². The van der Waals surface area contributed by atoms with Gasteiger partial charge in [-0.2, -0.15) is 0 Å². The lowest BCUT2D eigenvalue weighted by molar-refractivity contribution is -0.132. The van der Waals surface area contributed by atoms with Crippen molar-refractivity contribution >= 4 is 23.1 Å². The topological polar surface area (TPSA) is 37.3 Å². The molecule has 0 heterocycles. The molecule has 3 heteroatoms. The van der Waals surface area contributed by atoms with Gasteiger partial charge >= 0.3 is 5.97 Å². The van der Waals surface area contributed by atoms with E-state index in [9.17, 15) is 4.79 Å². The van der Waals surface area contributed by atoms with Gasteiger partial charge in [-0.1, -0.05) is 17.7 Å². The van der Waals surface area contributed by atoms with Crippen LogP contribution >= 0.6 is 11.6 Å². The number of rotatable bonds is 1. The predicted octanol–water partition coefficient (Wildman–Crippen LogP) is 3.14. The minimum Gasteiger partial charge on any atom is -0.478 e. The van der Waals surface area contributed by atoms with E-state index in [4.69, 9.17) is 16.7 Å². The molecular formula is C12H11ClO2. The molecule has 0 saturated heterocycles. The average molecular weight is 223 g/mol. The molecule has 0 spiro atoms. The van der Waals surface area contributed by atoms with Crippen molar-refractivity contribution in [3.63, 3.8) is 0 Å². The first-order valence-electron chi connectivity index (χ1n) is 4.81. The number of hydrogen-bond donors (Lipinski definition) is 1. The number of halogens is 1. The third kappa shape index (κ3) is 1.77. The molecule has 0 amide bonds. The monoisotopic (exact) mass is 222 g/mol. The zero-order valence-electron chi connectivity index (χ0n) is 8.38. The van der Waals surface area contributed by atoms with Crippen LogP contribution in [-0.2, 0) is 11.2 Å². The van der Waals surface area contributed by atoms with Crippen LogP contribution in [0.1, 0.15) is 24.5 Å². The number of aryl methyl sites for hydroxylation is 1. The summed E-state index contributed by atoms with van der Waals surface area (Å²) in [6.07, 6.45) is 1.39. The van der Waals surface area contributed by atoms with Gasteiger partial charge in [-0.05, 0) is 48.6 Å². The van der Waals surface area contributed by atoms with E-state index < -0.39 is 5.97 Å². The Labute approximate surface area is 93.2 Å². The van der Waals surface area contributed by atoms with Crippen molar-refractivity contribution in [1.82, 2.24) is 0 Å². The molecule has 1 aromatic carbocycles. The first kappa shape index (κ1) is 10.2. The van der Waals surface area contributed by atoms with Crippen molar-refractivity contribution in [2.75, 3.05) is 0 Å². The van der Waals surface area contributed by atoms with E-state index in [1.54, 1.807) is 0 Å². The van der Waals surface area contributed by atoms with E-state index in [0.717, 1.165) is 17.6 Å². The molecule has 1 aliphatic carbocycles. The zero-order valence-corrected chi connectivity index (χ0v) is 9.14. The lowest BCUT2D eigenvalue weighted by Gasteiger charge is -2.19. The Kier molecular flexibility index (Phi) is 2.53. The fraction of sp³-hybridized carbons (Fsp3) is 0.250. The molecule has 1 aromatic rings. The van der Waals surface area contributed by atoms with Crippen LogP contribution in [0.4, 0.5) is 0 Å². The van der Waals surface area contributed by atoms with Crippen molar-refractivity contribution in [3.8, 4) is 0 Å². The highest BCUT2D eigenvalue weighted by Crippen LogP contribution is 2.32. The maximum atomic E-state index is 11.0. The summed E-state index contributed by atoms with van der Waals surface area (Å²) in [4.78, 5) is 11.0. The number of carboxylic acid groups (broad SMARTS) is 1. The SMILES string of the molecule is CC1=C(C(=O)O)CCc2ccc(Cl)cc21. The number of allylic oxidation sites excluding steroid dienone is 1. The normalized spacial score (nSPS) is 15.1. The molecule has 0 aliphatic heterocycles. The molecule has 0 radical (unpaired) electrons. The number of benzene rings is 1. The molecule has 2 nitrogen and oxygen atoms in total. The minimum atomic E-state index is -0.821. The van der Waals surface area contributed by atoms with Crippen LogP contribution in [0.2, 0.25) is 5.02 Å². The first-order valence-corrected chi connectivity index (χ1v) is 5.19. The second-order valence-electron chi connectivity index (χ2n) is 3.71. The van der Waals surface area contributed by atoms with E-state index in [1.807, 2.05) is 25.1 Å². The largest absolute Gasteiger partial charge is 0.478 e. The van der Waals surface area contributed by atoms with Gasteiger partial charge in [0.25, 0.3) is 0 Å². The van der Waals surface area contributed by atoms with Crippen molar-refractivity contribution < 1.29 is 9.90 Å². The molecule has 0 unspecified atom stereocenters. The van der Waals surface area contributed by atoms with Gasteiger partial charge in [-0.15, -0.1) is 0 Å². The smallest absolute Gasteiger partial charge is 0.331 e. The predicted molar refractivity (Wildman–Crippen MR) is 60.0 cm³/mol. The summed E-state index contributed by atoms with van der Waals surface area (Å²) in [5.74, 6) is -0.821. The Morgan fingerprint density at radius 1 is 1.40 bits per heavy atom. The second kappa shape index (κ2) is 3.70. The van der Waals surface area contributed by atoms with Gasteiger partial charge < -0.3 is 5.11 Å². The third-order valence-corrected chi connectivity index (χ3v) is 3.07. The number of aliphatic carboxylic acids is 1. The van der Waals surface area contributed by atoms with Gasteiger partial charge in [0, 0.05) is 10.6 Å². The van der Waals surface area contributed by atoms with Crippen LogP contribution in [0, 0.1) is 0 Å². The molecule has 0 bridgehead atoms. The van der Waals surface area contributed by atoms with Crippen LogP contribution < -0.4 is 0 Å². The number of fused-ring (bicyclic) bond motifs is 1. The molecule has 78 valence electrons. The van der Waals surface area contributed by atoms with E-state index >= 15 is 0 Å². The summed E-state index contributed by atoms with van der Waals surface area (Å²) in [5.41, 5.74) is 3.50. The van der Waals surface area contributed by atoms with Crippen LogP contribution in [0.5, 0.6) is 0 Å². The highest BCUT2D eigenvalue weighted by Gasteiger charge is 2.20. The maximum absolute atomic E-state index is 11.0. The third-order valence-electron chi connectivity index (χ3n) is 2.83. The summed E-state index contributed by atoms with van der Waals surface area (Å²) in [7, 11) is 0. The summed E-state index contributed by atoms with van der Waals surface area (Å²) in [6.45, 7) is 1.85. The first-order chi connectivity index (χ1) is 7.09. The van der Waals surface area contributed by atoms with Crippen LogP contribution in [0.15, 0.2) is 23.8 Å². The fourth-order valence-corrected chi connectivity index (χ4v) is 2.16. The second-order valence-corrected chi connectivity index (χ2v) is 4.15. The molecule has 15 heavy (non-hydrogen) atoms. The van der Waals surface area contributed by atoms with E-state index in [-0.39, 0.29) is 0 Å². The average Bonchev–Trinajstić information content (AvgIpc) is 2.19. The standard InChI is InChI=1S/C12H11ClO2/c1-7-10(12(14)15)5-3-8-2-4-9(13)6-11(7)8/h2,4,6H,3,5H2,1H3,(H,14,15). The number of hydrogen-bond acceptors (Lipinski definition) is 1. The van der Waals surface area contributed by atoms with Crippen molar-refractivity contribution in [3.05, 3.63) is 39.9 Å². The highest BCUT2D eigenvalue weighted by molar-refractivity contribution is 6.30. The quantitative estimate of drug-likeness (QED) is 0.793. The zero-order chi connectivity index (χ0) is 11.0. The molecule has 1 aliphatic rings. The van der Waals surface area contributed by atoms with Gasteiger partial charge in [0.05, 0.1) is 0 Å². The van der Waals surface area contributed by atoms with E-state index in [2.05, 4.69) is 0 Å². The molecule has 1 N–H and O–H groups in total. The van der Waals surface area contributed by atoms with Gasteiger partial charge in [-0.3, -0.25) is 0 Å². The lowest BCUT2D eigenvalue weighted by Crippen LogP contribution is -2.10. The molecule has 0 aromatic heterocycles. The summed E-state index contributed by atoms with van der Waals surface area (Å²) in [5, 5.41) is 9.67. The minimum absolute atomic E-state index is 0.504. The Bertz CT molecular complexity index is 461. The molecule has 0 saturated carbocycles. The van der Waals surface area contributed by atoms with Gasteiger partial charge in [0.1, 0.15) is 0 Å². The molecule has 0 atom stereocenters. The molecular weight excluding hydrogens is 212 g/mol. The molecule has 0 fully saturated rings. The van der Waals surface area contributed by atoms with Crippen molar-refractivity contribution in [1.29, 1.82) is 0 Å². The Hall–Kier alpha value is -1.28. The highest BCUT2D eigenvalue weighted by atomic mass is 35.5. The van der Waals surface area contributed by atoms with Crippen molar-refractivity contribution in [2.45, 2.75) is 19.8 Å². The Morgan fingerprint density at radius 2 is 2.13 bits per heavy atom. The number of carboxylic acids is 1. The maximum Gasteiger partial charge on any atom is 0.331 e. The Balaban J connectivity index is 2.59. The van der Waals surface area contributed by atoms with Gasteiger partial charge in [-0.25, -0.2) is 4.79 Å².